The maximum atomic E-state index is 11.9. The average Bonchev–Trinajstić information content (AvgIpc) is 2.68. The van der Waals surface area contributed by atoms with Crippen LogP contribution in [0.1, 0.15) is 19.8 Å². The van der Waals surface area contributed by atoms with Gasteiger partial charge in [-0.25, -0.2) is 0 Å². The van der Waals surface area contributed by atoms with E-state index in [9.17, 15) is 9.59 Å². The van der Waals surface area contributed by atoms with Gasteiger partial charge in [0.2, 0.25) is 0 Å². The van der Waals surface area contributed by atoms with Gasteiger partial charge in [-0.3, -0.25) is 9.59 Å². The van der Waals surface area contributed by atoms with E-state index >= 15 is 0 Å². The van der Waals surface area contributed by atoms with Crippen LogP contribution in [0, 0.1) is 5.92 Å². The lowest BCUT2D eigenvalue weighted by atomic mass is 9.91. The lowest BCUT2D eigenvalue weighted by Crippen LogP contribution is -2.11. The van der Waals surface area contributed by atoms with Crippen LogP contribution in [-0.2, 0) is 9.59 Å². The van der Waals surface area contributed by atoms with Crippen molar-refractivity contribution in [1.82, 2.24) is 0 Å². The van der Waals surface area contributed by atoms with Crippen molar-refractivity contribution in [2.24, 2.45) is 5.92 Å². The number of rotatable bonds is 3. The molecule has 0 aromatic rings. The lowest BCUT2D eigenvalue weighted by Gasteiger charge is -2.12. The molecule has 0 saturated carbocycles. The second-order valence-corrected chi connectivity index (χ2v) is 4.31. The van der Waals surface area contributed by atoms with Crippen molar-refractivity contribution in [1.29, 1.82) is 0 Å². The zero-order valence-electron chi connectivity index (χ0n) is 9.27. The highest BCUT2D eigenvalue weighted by Gasteiger charge is 2.18. The van der Waals surface area contributed by atoms with Crippen molar-refractivity contribution in [3.8, 4) is 0 Å². The van der Waals surface area contributed by atoms with Gasteiger partial charge in [-0.1, -0.05) is 35.5 Å². The third-order valence-electron chi connectivity index (χ3n) is 2.76. The minimum atomic E-state index is -0.0952. The molecule has 0 atom stereocenters. The molecule has 0 aliphatic heterocycles. The molecule has 82 valence electrons. The first-order chi connectivity index (χ1) is 7.65. The molecular weight excluding hydrogens is 200 g/mol. The number of hydrogen-bond donors (Lipinski definition) is 0. The van der Waals surface area contributed by atoms with E-state index in [1.54, 1.807) is 12.2 Å². The first-order valence-electron chi connectivity index (χ1n) is 5.43. The van der Waals surface area contributed by atoms with Gasteiger partial charge in [-0.15, -0.1) is 0 Å². The molecule has 0 radical (unpaired) electrons. The molecule has 16 heavy (non-hydrogen) atoms. The van der Waals surface area contributed by atoms with Crippen molar-refractivity contribution in [2.45, 2.75) is 19.8 Å². The minimum absolute atomic E-state index is 0.00376. The fraction of sp³-hybridized carbons (Fsp3) is 0.286. The summed E-state index contributed by atoms with van der Waals surface area (Å²) in [6.45, 7) is 1.92. The van der Waals surface area contributed by atoms with Crippen LogP contribution in [0.3, 0.4) is 0 Å². The van der Waals surface area contributed by atoms with E-state index < -0.39 is 0 Å². The van der Waals surface area contributed by atoms with Gasteiger partial charge >= 0.3 is 0 Å². The van der Waals surface area contributed by atoms with E-state index in [2.05, 4.69) is 0 Å². The van der Waals surface area contributed by atoms with Crippen LogP contribution in [-0.4, -0.2) is 11.6 Å². The van der Waals surface area contributed by atoms with Crippen LogP contribution in [0.2, 0.25) is 0 Å². The van der Waals surface area contributed by atoms with E-state index in [1.165, 1.54) is 0 Å². The molecule has 2 aliphatic carbocycles. The van der Waals surface area contributed by atoms with Gasteiger partial charge in [0.05, 0.1) is 5.92 Å². The van der Waals surface area contributed by atoms with E-state index in [4.69, 9.17) is 0 Å². The molecular formula is C14H14O2. The predicted molar refractivity (Wildman–Crippen MR) is 62.9 cm³/mol. The molecule has 0 bridgehead atoms. The molecule has 2 nitrogen and oxygen atoms in total. The number of ketones is 2. The van der Waals surface area contributed by atoms with Crippen LogP contribution in [0.5, 0.6) is 0 Å². The third-order valence-corrected chi connectivity index (χ3v) is 2.76. The largest absolute Gasteiger partial charge is 0.298 e. The highest BCUT2D eigenvalue weighted by molar-refractivity contribution is 6.02. The maximum Gasteiger partial charge on any atom is 0.178 e. The third kappa shape index (κ3) is 2.45. The number of hydrogen-bond acceptors (Lipinski definition) is 2. The van der Waals surface area contributed by atoms with Crippen LogP contribution in [0.15, 0.2) is 47.6 Å². The van der Waals surface area contributed by atoms with Crippen molar-refractivity contribution >= 4 is 11.6 Å². The van der Waals surface area contributed by atoms with Crippen LogP contribution in [0.25, 0.3) is 0 Å². The van der Waals surface area contributed by atoms with E-state index in [0.717, 1.165) is 17.6 Å². The summed E-state index contributed by atoms with van der Waals surface area (Å²) < 4.78 is 0. The monoisotopic (exact) mass is 214 g/mol. The summed E-state index contributed by atoms with van der Waals surface area (Å²) in [6, 6.07) is 0. The second-order valence-electron chi connectivity index (χ2n) is 4.31. The van der Waals surface area contributed by atoms with Crippen LogP contribution in [0.4, 0.5) is 0 Å². The molecule has 0 aromatic carbocycles. The smallest absolute Gasteiger partial charge is 0.178 e. The van der Waals surface area contributed by atoms with Gasteiger partial charge < -0.3 is 0 Å². The molecule has 0 aromatic heterocycles. The minimum Gasteiger partial charge on any atom is -0.298 e. The first kappa shape index (κ1) is 10.8. The Balaban J connectivity index is 2.00. The quantitative estimate of drug-likeness (QED) is 0.723. The van der Waals surface area contributed by atoms with Gasteiger partial charge in [-0.2, -0.15) is 0 Å². The Morgan fingerprint density at radius 3 is 2.62 bits per heavy atom. The molecule has 0 unspecified atom stereocenters. The van der Waals surface area contributed by atoms with Gasteiger partial charge in [0, 0.05) is 6.42 Å². The molecule has 2 rings (SSSR count). The second kappa shape index (κ2) is 4.44. The molecule has 0 saturated heterocycles. The molecule has 2 heteroatoms. The van der Waals surface area contributed by atoms with Gasteiger partial charge in [0.15, 0.2) is 5.78 Å². The summed E-state index contributed by atoms with van der Waals surface area (Å²) >= 11 is 0. The summed E-state index contributed by atoms with van der Waals surface area (Å²) in [5.41, 5.74) is 1.97. The van der Waals surface area contributed by atoms with Crippen molar-refractivity contribution < 1.29 is 9.59 Å². The van der Waals surface area contributed by atoms with Crippen molar-refractivity contribution in [3.63, 3.8) is 0 Å². The number of Topliss-reactive ketones (excluding diaryl/α,β-unsaturated/α-hetero) is 1. The summed E-state index contributed by atoms with van der Waals surface area (Å²) in [4.78, 5) is 23.1. The maximum absolute atomic E-state index is 11.9. The zero-order chi connectivity index (χ0) is 11.5. The summed E-state index contributed by atoms with van der Waals surface area (Å²) in [6.07, 6.45) is 11.9. The molecule has 0 heterocycles. The Labute approximate surface area is 95.0 Å². The fourth-order valence-corrected chi connectivity index (χ4v) is 2.05. The number of allylic oxidation sites excluding steroid dienone is 8. The Hall–Kier alpha value is -1.70. The SMILES string of the molecule is CC1=CC(=O)C=C(CC(=O)C2C=CC=C2)C1. The first-order valence-corrected chi connectivity index (χ1v) is 5.43. The van der Waals surface area contributed by atoms with Crippen molar-refractivity contribution in [2.75, 3.05) is 0 Å². The number of carbonyl (C=O) groups is 2. The Kier molecular flexibility index (Phi) is 3.00. The highest BCUT2D eigenvalue weighted by atomic mass is 16.1. The molecule has 0 spiro atoms. The Bertz CT molecular complexity index is 435. The van der Waals surface area contributed by atoms with Crippen molar-refractivity contribution in [3.05, 3.63) is 47.6 Å². The Morgan fingerprint density at radius 1 is 1.31 bits per heavy atom. The lowest BCUT2D eigenvalue weighted by molar-refractivity contribution is -0.119. The summed E-state index contributed by atoms with van der Waals surface area (Å²) in [5, 5.41) is 0. The molecule has 0 amide bonds. The van der Waals surface area contributed by atoms with E-state index in [1.807, 2.05) is 31.2 Å². The predicted octanol–water partition coefficient (Wildman–Crippen LogP) is 2.53. The summed E-state index contributed by atoms with van der Waals surface area (Å²) in [7, 11) is 0. The molecule has 2 aliphatic rings. The molecule has 0 fully saturated rings. The fourth-order valence-electron chi connectivity index (χ4n) is 2.05. The molecule has 0 N–H and O–H groups in total. The van der Waals surface area contributed by atoms with E-state index in [0.29, 0.717) is 6.42 Å². The van der Waals surface area contributed by atoms with Crippen LogP contribution < -0.4 is 0 Å². The van der Waals surface area contributed by atoms with Gasteiger partial charge in [-0.05, 0) is 25.5 Å². The number of carbonyl (C=O) groups excluding carboxylic acids is 2. The zero-order valence-corrected chi connectivity index (χ0v) is 9.27. The summed E-state index contributed by atoms with van der Waals surface area (Å²) in [5.74, 6) is 0.0741. The average molecular weight is 214 g/mol. The van der Waals surface area contributed by atoms with Gasteiger partial charge in [0.25, 0.3) is 0 Å². The van der Waals surface area contributed by atoms with Gasteiger partial charge in [0.1, 0.15) is 5.78 Å². The van der Waals surface area contributed by atoms with Crippen LogP contribution >= 0.6 is 0 Å². The standard InChI is InChI=1S/C14H14O2/c1-10-6-11(8-13(15)7-10)9-14(16)12-4-2-3-5-12/h2-5,7-8,12H,6,9H2,1H3. The Morgan fingerprint density at radius 2 is 2.00 bits per heavy atom. The topological polar surface area (TPSA) is 34.1 Å². The van der Waals surface area contributed by atoms with E-state index in [-0.39, 0.29) is 17.5 Å². The highest BCUT2D eigenvalue weighted by Crippen LogP contribution is 2.22. The normalized spacial score (nSPS) is 19.9.